The quantitative estimate of drug-likeness (QED) is 0.345. The van der Waals surface area contributed by atoms with Crippen LogP contribution in [0, 0.1) is 0 Å². The first kappa shape index (κ1) is 15.8. The van der Waals surface area contributed by atoms with Gasteiger partial charge in [0, 0.05) is 0 Å². The predicted molar refractivity (Wildman–Crippen MR) is 103 cm³/mol. The second-order valence-corrected chi connectivity index (χ2v) is 6.40. The van der Waals surface area contributed by atoms with E-state index in [1.165, 1.54) is 44.7 Å². The molecular weight excluding hydrogens is 276 g/mol. The molecule has 0 heterocycles. The van der Waals surface area contributed by atoms with Gasteiger partial charge in [-0.1, -0.05) is 74.5 Å². The Balaban J connectivity index is 2.04. The Morgan fingerprint density at radius 3 is 2.43 bits per heavy atom. The van der Waals surface area contributed by atoms with E-state index in [4.69, 9.17) is 0 Å². The summed E-state index contributed by atoms with van der Waals surface area (Å²) >= 11 is 0. The second kappa shape index (κ2) is 7.00. The molecule has 0 amide bonds. The van der Waals surface area contributed by atoms with E-state index >= 15 is 0 Å². The Morgan fingerprint density at radius 1 is 0.870 bits per heavy atom. The molecule has 0 aromatic heterocycles. The number of benzene rings is 3. The van der Waals surface area contributed by atoms with Gasteiger partial charge in [-0.15, -0.1) is 0 Å². The van der Waals surface area contributed by atoms with Gasteiger partial charge in [-0.25, -0.2) is 0 Å². The van der Waals surface area contributed by atoms with E-state index in [-0.39, 0.29) is 0 Å². The minimum Gasteiger partial charge on any atom is -0.0999 e. The fourth-order valence-corrected chi connectivity index (χ4v) is 3.51. The van der Waals surface area contributed by atoms with Crippen molar-refractivity contribution in [3.8, 4) is 0 Å². The molecule has 118 valence electrons. The highest BCUT2D eigenvalue weighted by molar-refractivity contribution is 6.10. The van der Waals surface area contributed by atoms with Crippen LogP contribution in [0.2, 0.25) is 0 Å². The minimum absolute atomic E-state index is 1.08. The van der Waals surface area contributed by atoms with Crippen molar-refractivity contribution in [1.29, 1.82) is 0 Å². The molecule has 3 aromatic rings. The number of aryl methyl sites for hydroxylation is 2. The van der Waals surface area contributed by atoms with Crippen LogP contribution in [0.15, 0.2) is 60.7 Å². The van der Waals surface area contributed by atoms with E-state index in [2.05, 4.69) is 69.0 Å². The lowest BCUT2D eigenvalue weighted by atomic mass is 9.92. The van der Waals surface area contributed by atoms with Gasteiger partial charge < -0.3 is 0 Å². The van der Waals surface area contributed by atoms with Crippen LogP contribution >= 0.6 is 0 Å². The lowest BCUT2D eigenvalue weighted by molar-refractivity contribution is 0.793. The molecule has 0 bridgehead atoms. The third-order valence-corrected chi connectivity index (χ3v) is 4.94. The summed E-state index contributed by atoms with van der Waals surface area (Å²) in [5.74, 6) is 0. The average Bonchev–Trinajstić information content (AvgIpc) is 2.60. The predicted octanol–water partition coefficient (Wildman–Crippen LogP) is 6.84. The molecule has 0 unspecified atom stereocenters. The summed E-state index contributed by atoms with van der Waals surface area (Å²) in [7, 11) is 0. The lowest BCUT2D eigenvalue weighted by Gasteiger charge is -2.12. The summed E-state index contributed by atoms with van der Waals surface area (Å²) < 4.78 is 0. The molecule has 0 saturated heterocycles. The maximum Gasteiger partial charge on any atom is -0.00733 e. The fraction of sp³-hybridized carbons (Fsp3) is 0.304. The van der Waals surface area contributed by atoms with Crippen molar-refractivity contribution >= 4 is 21.5 Å². The van der Waals surface area contributed by atoms with Gasteiger partial charge in [0.25, 0.3) is 0 Å². The highest BCUT2D eigenvalue weighted by Crippen LogP contribution is 2.31. The highest BCUT2D eigenvalue weighted by atomic mass is 14.1. The van der Waals surface area contributed by atoms with Crippen molar-refractivity contribution in [2.75, 3.05) is 0 Å². The Kier molecular flexibility index (Phi) is 4.81. The molecule has 0 N–H and O–H groups in total. The van der Waals surface area contributed by atoms with E-state index in [9.17, 15) is 0 Å². The summed E-state index contributed by atoms with van der Waals surface area (Å²) in [6.45, 7) is 8.57. The van der Waals surface area contributed by atoms with Crippen molar-refractivity contribution in [3.05, 3.63) is 71.8 Å². The van der Waals surface area contributed by atoms with Crippen LogP contribution in [0.5, 0.6) is 0 Å². The van der Waals surface area contributed by atoms with E-state index in [1.807, 2.05) is 0 Å². The highest BCUT2D eigenvalue weighted by Gasteiger charge is 2.07. The van der Waals surface area contributed by atoms with E-state index in [1.54, 1.807) is 0 Å². The first-order chi connectivity index (χ1) is 11.2. The first-order valence-corrected chi connectivity index (χ1v) is 8.83. The van der Waals surface area contributed by atoms with Crippen molar-refractivity contribution < 1.29 is 0 Å². The fourth-order valence-electron chi connectivity index (χ4n) is 3.51. The summed E-state index contributed by atoms with van der Waals surface area (Å²) in [4.78, 5) is 0. The zero-order chi connectivity index (χ0) is 16.2. The maximum absolute atomic E-state index is 4.13. The van der Waals surface area contributed by atoms with Crippen LogP contribution in [0.1, 0.15) is 44.2 Å². The van der Waals surface area contributed by atoms with E-state index in [0.29, 0.717) is 0 Å². The number of fused-ring (bicyclic) bond motifs is 3. The molecule has 3 aromatic carbocycles. The summed E-state index contributed by atoms with van der Waals surface area (Å²) in [6.07, 6.45) is 5.65. The van der Waals surface area contributed by atoms with Gasteiger partial charge in [0.05, 0.1) is 0 Å². The zero-order valence-electron chi connectivity index (χ0n) is 14.4. The lowest BCUT2D eigenvalue weighted by Crippen LogP contribution is -1.91. The van der Waals surface area contributed by atoms with E-state index in [0.717, 1.165) is 25.7 Å². The first-order valence-electron chi connectivity index (χ1n) is 8.83. The summed E-state index contributed by atoms with van der Waals surface area (Å²) in [5, 5.41) is 5.62. The van der Waals surface area contributed by atoms with Crippen molar-refractivity contribution in [3.63, 3.8) is 0 Å². The van der Waals surface area contributed by atoms with Gasteiger partial charge in [0.2, 0.25) is 0 Å². The molecule has 0 fully saturated rings. The third-order valence-electron chi connectivity index (χ3n) is 4.94. The van der Waals surface area contributed by atoms with Gasteiger partial charge in [0.1, 0.15) is 0 Å². The van der Waals surface area contributed by atoms with Crippen LogP contribution in [0.3, 0.4) is 0 Å². The van der Waals surface area contributed by atoms with Crippen LogP contribution in [-0.2, 0) is 12.8 Å². The monoisotopic (exact) mass is 302 g/mol. The van der Waals surface area contributed by atoms with Gasteiger partial charge in [-0.05, 0) is 64.8 Å². The van der Waals surface area contributed by atoms with Crippen LogP contribution in [0.4, 0.5) is 0 Å². The molecule has 23 heavy (non-hydrogen) atoms. The molecule has 0 spiro atoms. The van der Waals surface area contributed by atoms with Gasteiger partial charge >= 0.3 is 0 Å². The minimum atomic E-state index is 1.08. The van der Waals surface area contributed by atoms with Gasteiger partial charge in [-0.3, -0.25) is 0 Å². The molecule has 3 rings (SSSR count). The molecule has 0 aliphatic carbocycles. The molecule has 0 saturated carbocycles. The molecule has 0 aliphatic rings. The van der Waals surface area contributed by atoms with Crippen LogP contribution in [-0.4, -0.2) is 0 Å². The largest absolute Gasteiger partial charge is 0.0999 e. The molecular formula is C23H26. The Hall–Kier alpha value is -2.08. The standard InChI is InChI=1S/C23H26/c1-4-17(3)9-6-11-19-12-8-14-22-21(19)16-15-20-13-7-10-18(5-2)23(20)22/h7-8,10,12-16H,3-6,9,11H2,1-2H3. The van der Waals surface area contributed by atoms with Gasteiger partial charge in [0.15, 0.2) is 0 Å². The summed E-state index contributed by atoms with van der Waals surface area (Å²) in [5.41, 5.74) is 4.28. The van der Waals surface area contributed by atoms with Crippen molar-refractivity contribution in [1.82, 2.24) is 0 Å². The third kappa shape index (κ3) is 3.17. The summed E-state index contributed by atoms with van der Waals surface area (Å²) in [6, 6.07) is 18.0. The van der Waals surface area contributed by atoms with Gasteiger partial charge in [-0.2, -0.15) is 0 Å². The SMILES string of the molecule is C=C(CC)CCCc1cccc2c1ccc1cccc(CC)c12. The van der Waals surface area contributed by atoms with Crippen LogP contribution < -0.4 is 0 Å². The Bertz CT molecular complexity index is 839. The van der Waals surface area contributed by atoms with E-state index < -0.39 is 0 Å². The number of hydrogen-bond donors (Lipinski definition) is 0. The normalized spacial score (nSPS) is 11.2. The molecule has 0 aliphatic heterocycles. The van der Waals surface area contributed by atoms with Crippen molar-refractivity contribution in [2.24, 2.45) is 0 Å². The Morgan fingerprint density at radius 2 is 1.65 bits per heavy atom. The topological polar surface area (TPSA) is 0 Å². The maximum atomic E-state index is 4.13. The smallest absolute Gasteiger partial charge is 0.00733 e. The number of hydrogen-bond acceptors (Lipinski definition) is 0. The Labute approximate surface area is 139 Å². The number of allylic oxidation sites excluding steroid dienone is 1. The second-order valence-electron chi connectivity index (χ2n) is 6.40. The molecule has 0 nitrogen and oxygen atoms in total. The molecule has 0 heteroatoms. The molecule has 0 radical (unpaired) electrons. The van der Waals surface area contributed by atoms with Crippen LogP contribution in [0.25, 0.3) is 21.5 Å². The zero-order valence-corrected chi connectivity index (χ0v) is 14.4. The van der Waals surface area contributed by atoms with Crippen molar-refractivity contribution in [2.45, 2.75) is 46.0 Å². The molecule has 0 atom stereocenters. The average molecular weight is 302 g/mol. The number of rotatable bonds is 6.